The first-order chi connectivity index (χ1) is 13.1. The molecule has 3 N–H and O–H groups in total. The second kappa shape index (κ2) is 8.79. The molecule has 0 fully saturated rings. The molecule has 0 amide bonds. The topological polar surface area (TPSA) is 114 Å². The van der Waals surface area contributed by atoms with E-state index in [1.807, 2.05) is 0 Å². The van der Waals surface area contributed by atoms with Gasteiger partial charge in [-0.15, -0.1) is 0 Å². The highest BCUT2D eigenvalue weighted by atomic mass is 19.1. The molecular formula is C18H21F2N3O5. The summed E-state index contributed by atoms with van der Waals surface area (Å²) in [5.41, 5.74) is -0.766. The van der Waals surface area contributed by atoms with Gasteiger partial charge in [0, 0.05) is 18.5 Å². The van der Waals surface area contributed by atoms with Crippen molar-refractivity contribution < 1.29 is 28.6 Å². The number of carbonyl (C=O) groups is 2. The van der Waals surface area contributed by atoms with Crippen LogP contribution >= 0.6 is 0 Å². The minimum atomic E-state index is -1.35. The molecule has 10 heteroatoms. The molecule has 1 aromatic carbocycles. The average molecular weight is 397 g/mol. The van der Waals surface area contributed by atoms with Gasteiger partial charge < -0.3 is 10.2 Å². The number of imidazole rings is 1. The zero-order chi connectivity index (χ0) is 21.0. The number of aliphatic carboxylic acids is 2. The number of carboxylic acids is 2. The van der Waals surface area contributed by atoms with Gasteiger partial charge in [-0.2, -0.15) is 0 Å². The van der Waals surface area contributed by atoms with E-state index in [1.54, 1.807) is 13.8 Å². The van der Waals surface area contributed by atoms with E-state index >= 15 is 0 Å². The van der Waals surface area contributed by atoms with Crippen molar-refractivity contribution in [2.75, 3.05) is 0 Å². The van der Waals surface area contributed by atoms with Gasteiger partial charge in [-0.05, 0) is 24.5 Å². The average Bonchev–Trinajstić information content (AvgIpc) is 2.92. The van der Waals surface area contributed by atoms with E-state index < -0.39 is 41.3 Å². The second-order valence-electron chi connectivity index (χ2n) is 6.81. The van der Waals surface area contributed by atoms with Crippen molar-refractivity contribution in [3.05, 3.63) is 52.7 Å². The molecule has 2 atom stereocenters. The Kier molecular flexibility index (Phi) is 6.68. The highest BCUT2D eigenvalue weighted by Crippen LogP contribution is 2.11. The van der Waals surface area contributed by atoms with E-state index in [0.717, 1.165) is 21.3 Å². The molecule has 1 heterocycles. The number of benzene rings is 1. The fraction of sp³-hybridized carbons (Fsp3) is 0.389. The smallest absolute Gasteiger partial charge is 0.332 e. The molecule has 2 rings (SSSR count). The first-order valence-corrected chi connectivity index (χ1v) is 8.54. The number of hydrogen-bond donors (Lipinski definition) is 3. The van der Waals surface area contributed by atoms with E-state index in [9.17, 15) is 33.4 Å². The van der Waals surface area contributed by atoms with Gasteiger partial charge in [-0.3, -0.25) is 24.0 Å². The van der Waals surface area contributed by atoms with Crippen LogP contribution in [-0.4, -0.2) is 43.4 Å². The largest absolute Gasteiger partial charge is 0.480 e. The van der Waals surface area contributed by atoms with Crippen LogP contribution in [0.4, 0.5) is 8.78 Å². The summed E-state index contributed by atoms with van der Waals surface area (Å²) in [7, 11) is 0. The maximum absolute atomic E-state index is 13.4. The van der Waals surface area contributed by atoms with Crippen LogP contribution in [0.15, 0.2) is 35.4 Å². The zero-order valence-corrected chi connectivity index (χ0v) is 15.3. The quantitative estimate of drug-likeness (QED) is 0.590. The Labute approximate surface area is 159 Å². The number of rotatable bonds is 9. The third kappa shape index (κ3) is 5.26. The Bertz CT molecular complexity index is 902. The highest BCUT2D eigenvalue weighted by Gasteiger charge is 2.27. The Morgan fingerprint density at radius 1 is 1.04 bits per heavy atom. The third-order valence-electron chi connectivity index (χ3n) is 4.06. The molecule has 0 unspecified atom stereocenters. The van der Waals surface area contributed by atoms with Gasteiger partial charge in [-0.25, -0.2) is 13.6 Å². The monoisotopic (exact) mass is 397 g/mol. The van der Waals surface area contributed by atoms with Gasteiger partial charge in [-0.1, -0.05) is 13.8 Å². The van der Waals surface area contributed by atoms with Crippen LogP contribution in [-0.2, 0) is 16.1 Å². The maximum atomic E-state index is 13.4. The summed E-state index contributed by atoms with van der Waals surface area (Å²) in [6, 6.07) is 0.140. The molecule has 1 aromatic heterocycles. The van der Waals surface area contributed by atoms with Crippen molar-refractivity contribution in [2.45, 2.75) is 38.9 Å². The van der Waals surface area contributed by atoms with Crippen LogP contribution < -0.4 is 11.0 Å². The van der Waals surface area contributed by atoms with Crippen LogP contribution in [0.25, 0.3) is 5.69 Å². The molecule has 0 aliphatic carbocycles. The zero-order valence-electron chi connectivity index (χ0n) is 15.3. The predicted octanol–water partition coefficient (Wildman–Crippen LogP) is 1.46. The lowest BCUT2D eigenvalue weighted by molar-refractivity contribution is -0.143. The van der Waals surface area contributed by atoms with Gasteiger partial charge in [0.2, 0.25) is 0 Å². The first-order valence-electron chi connectivity index (χ1n) is 8.54. The molecule has 0 saturated heterocycles. The van der Waals surface area contributed by atoms with E-state index in [-0.39, 0.29) is 24.6 Å². The number of aromatic nitrogens is 2. The van der Waals surface area contributed by atoms with Crippen LogP contribution in [0.5, 0.6) is 0 Å². The molecule has 0 radical (unpaired) electrons. The normalized spacial score (nSPS) is 13.5. The third-order valence-corrected chi connectivity index (χ3v) is 4.06. The van der Waals surface area contributed by atoms with Gasteiger partial charge in [0.15, 0.2) is 0 Å². The summed E-state index contributed by atoms with van der Waals surface area (Å²) >= 11 is 0. The second-order valence-corrected chi connectivity index (χ2v) is 6.81. The van der Waals surface area contributed by atoms with Crippen molar-refractivity contribution in [1.29, 1.82) is 0 Å². The van der Waals surface area contributed by atoms with Crippen LogP contribution in [0.2, 0.25) is 0 Å². The number of nitrogens with zero attached hydrogens (tertiary/aromatic N) is 2. The first kappa shape index (κ1) is 21.3. The predicted molar refractivity (Wildman–Crippen MR) is 95.4 cm³/mol. The lowest BCUT2D eigenvalue weighted by Crippen LogP contribution is -2.50. The SMILES string of the molecule is CC(C)C[C@H](N[C@@H](Cn1ccn(-c2cc(F)cc(F)c2)c1=O)C(=O)O)C(=O)O. The number of carboxylic acid groups (broad SMARTS) is 2. The Balaban J connectivity index is 2.27. The van der Waals surface area contributed by atoms with Crippen molar-refractivity contribution in [3.8, 4) is 5.69 Å². The Hall–Kier alpha value is -3.01. The number of hydrogen-bond acceptors (Lipinski definition) is 4. The van der Waals surface area contributed by atoms with E-state index in [1.165, 1.54) is 12.4 Å². The molecule has 2 aromatic rings. The van der Waals surface area contributed by atoms with E-state index in [4.69, 9.17) is 0 Å². The van der Waals surface area contributed by atoms with Crippen molar-refractivity contribution >= 4 is 11.9 Å². The fourth-order valence-electron chi connectivity index (χ4n) is 2.78. The minimum absolute atomic E-state index is 0.00900. The highest BCUT2D eigenvalue weighted by molar-refractivity contribution is 5.77. The van der Waals surface area contributed by atoms with Crippen molar-refractivity contribution in [3.63, 3.8) is 0 Å². The lowest BCUT2D eigenvalue weighted by Gasteiger charge is -2.21. The number of halogens is 2. The van der Waals surface area contributed by atoms with Crippen molar-refractivity contribution in [1.82, 2.24) is 14.5 Å². The molecular weight excluding hydrogens is 376 g/mol. The summed E-state index contributed by atoms with van der Waals surface area (Å²) in [5, 5.41) is 21.2. The Morgan fingerprint density at radius 2 is 1.61 bits per heavy atom. The standard InChI is InChI=1S/C18H21F2N3O5/c1-10(2)5-14(16(24)25)21-15(17(26)27)9-22-3-4-23(18(22)28)13-7-11(19)6-12(20)8-13/h3-4,6-8,10,14-15,21H,5,9H2,1-2H3,(H,24,25)(H,26,27)/t14-,15-/m0/s1. The summed E-state index contributed by atoms with van der Waals surface area (Å²) < 4.78 is 28.8. The fourth-order valence-corrected chi connectivity index (χ4v) is 2.78. The minimum Gasteiger partial charge on any atom is -0.480 e. The van der Waals surface area contributed by atoms with Crippen molar-refractivity contribution in [2.24, 2.45) is 5.92 Å². The summed E-state index contributed by atoms with van der Waals surface area (Å²) in [6.07, 6.45) is 2.72. The Morgan fingerprint density at radius 3 is 2.11 bits per heavy atom. The van der Waals surface area contributed by atoms with Crippen LogP contribution in [0, 0.1) is 17.6 Å². The van der Waals surface area contributed by atoms with E-state index in [0.29, 0.717) is 6.07 Å². The molecule has 8 nitrogen and oxygen atoms in total. The summed E-state index contributed by atoms with van der Waals surface area (Å²) in [4.78, 5) is 35.4. The molecule has 0 saturated carbocycles. The van der Waals surface area contributed by atoms with E-state index in [2.05, 4.69) is 5.32 Å². The maximum Gasteiger partial charge on any atom is 0.332 e. The van der Waals surface area contributed by atoms with Gasteiger partial charge >= 0.3 is 17.6 Å². The van der Waals surface area contributed by atoms with Crippen LogP contribution in [0.1, 0.15) is 20.3 Å². The van der Waals surface area contributed by atoms with Gasteiger partial charge in [0.25, 0.3) is 0 Å². The molecule has 0 aliphatic heterocycles. The van der Waals surface area contributed by atoms with Gasteiger partial charge in [0.1, 0.15) is 23.7 Å². The molecule has 152 valence electrons. The molecule has 0 aliphatic rings. The molecule has 0 bridgehead atoms. The van der Waals surface area contributed by atoms with Crippen LogP contribution in [0.3, 0.4) is 0 Å². The summed E-state index contributed by atoms with van der Waals surface area (Å²) in [6.45, 7) is 3.24. The summed E-state index contributed by atoms with van der Waals surface area (Å²) in [5.74, 6) is -4.24. The molecule has 0 spiro atoms. The van der Waals surface area contributed by atoms with Gasteiger partial charge in [0.05, 0.1) is 12.2 Å². The lowest BCUT2D eigenvalue weighted by atomic mass is 10.0. The molecule has 28 heavy (non-hydrogen) atoms. The number of nitrogens with one attached hydrogen (secondary N) is 1.